The molecule has 1 amide bonds. The molecular formula is C15H19N3O3S2. The molecule has 1 aromatic heterocycles. The number of hydrogen-bond acceptors (Lipinski definition) is 5. The van der Waals surface area contributed by atoms with Crippen LogP contribution in [-0.4, -0.2) is 59.1 Å². The van der Waals surface area contributed by atoms with E-state index in [2.05, 4.69) is 4.98 Å². The Kier molecular flexibility index (Phi) is 4.37. The first-order valence-corrected chi connectivity index (χ1v) is 10.2. The Balaban J connectivity index is 1.65. The standard InChI is InChI=1S/C15H19N3O3S2/c1-17(11-7-8-23(20,21)10-11)14(19)9-22-15-16-12-5-3-4-6-13(12)18(15)2/h3-6,11H,7-10H2,1-2H3/t11-/m0/s1. The molecule has 2 aromatic rings. The molecule has 8 heteroatoms. The number of aromatic nitrogens is 2. The lowest BCUT2D eigenvalue weighted by Crippen LogP contribution is -2.38. The van der Waals surface area contributed by atoms with Crippen LogP contribution in [-0.2, 0) is 21.7 Å². The van der Waals surface area contributed by atoms with Crippen molar-refractivity contribution in [3.8, 4) is 0 Å². The molecule has 0 aliphatic carbocycles. The van der Waals surface area contributed by atoms with Gasteiger partial charge in [0.1, 0.15) is 0 Å². The average Bonchev–Trinajstić information content (AvgIpc) is 3.04. The zero-order valence-corrected chi connectivity index (χ0v) is 14.7. The van der Waals surface area contributed by atoms with Crippen molar-refractivity contribution in [3.05, 3.63) is 24.3 Å². The van der Waals surface area contributed by atoms with E-state index in [0.29, 0.717) is 6.42 Å². The van der Waals surface area contributed by atoms with Crippen molar-refractivity contribution in [2.45, 2.75) is 17.6 Å². The van der Waals surface area contributed by atoms with Gasteiger partial charge in [-0.1, -0.05) is 23.9 Å². The number of thioether (sulfide) groups is 1. The Morgan fingerprint density at radius 3 is 2.83 bits per heavy atom. The summed E-state index contributed by atoms with van der Waals surface area (Å²) in [6.07, 6.45) is 0.529. The predicted octanol–water partition coefficient (Wildman–Crippen LogP) is 1.31. The third kappa shape index (κ3) is 3.37. The molecular weight excluding hydrogens is 334 g/mol. The van der Waals surface area contributed by atoms with Gasteiger partial charge < -0.3 is 9.47 Å². The predicted molar refractivity (Wildman–Crippen MR) is 91.3 cm³/mol. The lowest BCUT2D eigenvalue weighted by atomic mass is 10.2. The van der Waals surface area contributed by atoms with Gasteiger partial charge in [0, 0.05) is 20.1 Å². The second-order valence-electron chi connectivity index (χ2n) is 5.79. The molecule has 3 rings (SSSR count). The summed E-state index contributed by atoms with van der Waals surface area (Å²) in [6.45, 7) is 0. The molecule has 0 N–H and O–H groups in total. The summed E-state index contributed by atoms with van der Waals surface area (Å²) in [5.41, 5.74) is 1.93. The van der Waals surface area contributed by atoms with Crippen LogP contribution in [0.15, 0.2) is 29.4 Å². The van der Waals surface area contributed by atoms with Crippen molar-refractivity contribution in [1.29, 1.82) is 0 Å². The normalized spacial score (nSPS) is 20.0. The van der Waals surface area contributed by atoms with Crippen LogP contribution in [0.1, 0.15) is 6.42 Å². The molecule has 1 aliphatic heterocycles. The van der Waals surface area contributed by atoms with Crippen molar-refractivity contribution in [3.63, 3.8) is 0 Å². The van der Waals surface area contributed by atoms with Crippen LogP contribution in [0.4, 0.5) is 0 Å². The summed E-state index contributed by atoms with van der Waals surface area (Å²) in [5.74, 6) is 0.438. The molecule has 1 aromatic carbocycles. The van der Waals surface area contributed by atoms with Gasteiger partial charge in [-0.15, -0.1) is 0 Å². The molecule has 1 aliphatic rings. The van der Waals surface area contributed by atoms with Gasteiger partial charge in [-0.25, -0.2) is 13.4 Å². The minimum absolute atomic E-state index is 0.0656. The lowest BCUT2D eigenvalue weighted by Gasteiger charge is -2.23. The minimum atomic E-state index is -2.98. The van der Waals surface area contributed by atoms with E-state index in [1.165, 1.54) is 11.8 Å². The Labute approximate surface area is 139 Å². The fourth-order valence-corrected chi connectivity index (χ4v) is 5.45. The fourth-order valence-electron chi connectivity index (χ4n) is 2.77. The van der Waals surface area contributed by atoms with E-state index in [4.69, 9.17) is 0 Å². The monoisotopic (exact) mass is 353 g/mol. The number of para-hydroxylation sites is 2. The Morgan fingerprint density at radius 2 is 2.17 bits per heavy atom. The molecule has 0 spiro atoms. The Hall–Kier alpha value is -1.54. The lowest BCUT2D eigenvalue weighted by molar-refractivity contribution is -0.128. The first-order chi connectivity index (χ1) is 10.9. The van der Waals surface area contributed by atoms with Gasteiger partial charge in [0.15, 0.2) is 15.0 Å². The van der Waals surface area contributed by atoms with Crippen molar-refractivity contribution in [2.24, 2.45) is 7.05 Å². The molecule has 2 heterocycles. The van der Waals surface area contributed by atoms with Crippen molar-refractivity contribution in [2.75, 3.05) is 24.3 Å². The van der Waals surface area contributed by atoms with Gasteiger partial charge in [0.2, 0.25) is 5.91 Å². The number of sulfone groups is 1. The summed E-state index contributed by atoms with van der Waals surface area (Å²) in [7, 11) is 0.628. The van der Waals surface area contributed by atoms with Crippen LogP contribution in [0.2, 0.25) is 0 Å². The third-order valence-electron chi connectivity index (χ3n) is 4.22. The molecule has 0 radical (unpaired) electrons. The molecule has 1 fully saturated rings. The number of carbonyl (C=O) groups is 1. The highest BCUT2D eigenvalue weighted by molar-refractivity contribution is 7.99. The van der Waals surface area contributed by atoms with Crippen LogP contribution in [0.5, 0.6) is 0 Å². The molecule has 0 bridgehead atoms. The van der Waals surface area contributed by atoms with Gasteiger partial charge in [0.25, 0.3) is 0 Å². The maximum absolute atomic E-state index is 12.3. The highest BCUT2D eigenvalue weighted by Gasteiger charge is 2.32. The van der Waals surface area contributed by atoms with Crippen molar-refractivity contribution >= 4 is 38.5 Å². The van der Waals surface area contributed by atoms with Gasteiger partial charge in [-0.3, -0.25) is 4.79 Å². The highest BCUT2D eigenvalue weighted by atomic mass is 32.2. The number of imidazole rings is 1. The van der Waals surface area contributed by atoms with E-state index >= 15 is 0 Å². The summed E-state index contributed by atoms with van der Waals surface area (Å²) in [4.78, 5) is 18.4. The average molecular weight is 353 g/mol. The quantitative estimate of drug-likeness (QED) is 0.775. The first kappa shape index (κ1) is 16.3. The smallest absolute Gasteiger partial charge is 0.233 e. The maximum atomic E-state index is 12.3. The summed E-state index contributed by atoms with van der Waals surface area (Å²) < 4.78 is 25.0. The van der Waals surface area contributed by atoms with Gasteiger partial charge >= 0.3 is 0 Å². The van der Waals surface area contributed by atoms with E-state index < -0.39 is 9.84 Å². The van der Waals surface area contributed by atoms with E-state index in [1.54, 1.807) is 11.9 Å². The summed E-state index contributed by atoms with van der Waals surface area (Å²) in [6, 6.07) is 7.62. The second-order valence-corrected chi connectivity index (χ2v) is 8.96. The van der Waals surface area contributed by atoms with E-state index in [0.717, 1.165) is 16.2 Å². The summed E-state index contributed by atoms with van der Waals surface area (Å²) in [5, 5.41) is 0.784. The SMILES string of the molecule is CN(C(=O)CSc1nc2ccccc2n1C)[C@H]1CCS(=O)(=O)C1. The molecule has 1 saturated heterocycles. The number of carbonyl (C=O) groups excluding carboxylic acids is 1. The molecule has 124 valence electrons. The van der Waals surface area contributed by atoms with Gasteiger partial charge in [-0.05, 0) is 18.6 Å². The van der Waals surface area contributed by atoms with Crippen LogP contribution in [0.25, 0.3) is 11.0 Å². The van der Waals surface area contributed by atoms with E-state index in [1.807, 2.05) is 35.9 Å². The largest absolute Gasteiger partial charge is 0.341 e. The number of fused-ring (bicyclic) bond motifs is 1. The number of rotatable bonds is 4. The Bertz CT molecular complexity index is 845. The van der Waals surface area contributed by atoms with Crippen molar-refractivity contribution < 1.29 is 13.2 Å². The number of benzene rings is 1. The van der Waals surface area contributed by atoms with Crippen LogP contribution >= 0.6 is 11.8 Å². The summed E-state index contributed by atoms with van der Waals surface area (Å²) >= 11 is 1.38. The number of hydrogen-bond donors (Lipinski definition) is 0. The van der Waals surface area contributed by atoms with Gasteiger partial charge in [0.05, 0.1) is 28.3 Å². The number of aryl methyl sites for hydroxylation is 1. The molecule has 1 atom stereocenters. The van der Waals surface area contributed by atoms with Crippen LogP contribution in [0.3, 0.4) is 0 Å². The number of nitrogens with zero attached hydrogens (tertiary/aromatic N) is 3. The minimum Gasteiger partial charge on any atom is -0.341 e. The molecule has 6 nitrogen and oxygen atoms in total. The third-order valence-corrected chi connectivity index (χ3v) is 6.99. The highest BCUT2D eigenvalue weighted by Crippen LogP contribution is 2.24. The van der Waals surface area contributed by atoms with Crippen molar-refractivity contribution in [1.82, 2.24) is 14.5 Å². The fraction of sp³-hybridized carbons (Fsp3) is 0.467. The number of amides is 1. The maximum Gasteiger partial charge on any atom is 0.233 e. The molecule has 0 saturated carbocycles. The molecule has 0 unspecified atom stereocenters. The van der Waals surface area contributed by atoms with E-state index in [9.17, 15) is 13.2 Å². The first-order valence-electron chi connectivity index (χ1n) is 7.38. The van der Waals surface area contributed by atoms with Gasteiger partial charge in [-0.2, -0.15) is 0 Å². The Morgan fingerprint density at radius 1 is 1.43 bits per heavy atom. The topological polar surface area (TPSA) is 72.3 Å². The second kappa shape index (κ2) is 6.16. The molecule has 23 heavy (non-hydrogen) atoms. The van der Waals surface area contributed by atoms with Crippen LogP contribution < -0.4 is 0 Å². The van der Waals surface area contributed by atoms with E-state index in [-0.39, 0.29) is 29.2 Å². The zero-order valence-electron chi connectivity index (χ0n) is 13.1. The zero-order chi connectivity index (χ0) is 16.6. The van der Waals surface area contributed by atoms with Crippen LogP contribution in [0, 0.1) is 0 Å².